The Morgan fingerprint density at radius 2 is 0.474 bits per heavy atom. The van der Waals surface area contributed by atoms with E-state index < -0.39 is 6.10 Å². The summed E-state index contributed by atoms with van der Waals surface area (Å²) in [5, 5.41) is 0. The lowest BCUT2D eigenvalue weighted by Gasteiger charge is -2.18. The van der Waals surface area contributed by atoms with Crippen LogP contribution in [0.25, 0.3) is 0 Å². The number of ether oxygens (including phenoxy) is 3. The van der Waals surface area contributed by atoms with Gasteiger partial charge in [-0.15, -0.1) is 0 Å². The van der Waals surface area contributed by atoms with Gasteiger partial charge in [0, 0.05) is 19.3 Å². The van der Waals surface area contributed by atoms with Crippen LogP contribution in [0.1, 0.15) is 400 Å². The Bertz CT molecular complexity index is 1260. The summed E-state index contributed by atoms with van der Waals surface area (Å²) >= 11 is 0. The molecule has 0 rings (SSSR count). The summed E-state index contributed by atoms with van der Waals surface area (Å²) in [5.74, 6) is -0.859. The lowest BCUT2D eigenvalue weighted by atomic mass is 10.0. The summed E-state index contributed by atoms with van der Waals surface area (Å²) in [6.07, 6.45) is 82.4. The van der Waals surface area contributed by atoms with E-state index in [0.717, 1.165) is 77.0 Å². The average molecular weight is 1100 g/mol. The standard InChI is InChI=1S/C72H136O6/c1-4-7-10-13-16-19-22-25-27-28-29-30-31-32-33-34-35-36-37-38-39-40-41-42-43-44-45-46-48-50-53-56-59-62-65-71(74)77-68-69(67-76-70(73)64-61-58-55-52-49-24-21-18-15-12-9-6-3)78-72(75)66-63-60-57-54-51-47-26-23-20-17-14-11-8-5-2/h14,17,23,26,69H,4-13,15-16,18-22,24-25,27-68H2,1-3H3/b17-14-,26-23-. The lowest BCUT2D eigenvalue weighted by Crippen LogP contribution is -2.30. The molecule has 0 spiro atoms. The highest BCUT2D eigenvalue weighted by Crippen LogP contribution is 2.19. The van der Waals surface area contributed by atoms with Crippen LogP contribution in [0.2, 0.25) is 0 Å². The van der Waals surface area contributed by atoms with Crippen molar-refractivity contribution in [2.45, 2.75) is 406 Å². The molecule has 6 nitrogen and oxygen atoms in total. The zero-order chi connectivity index (χ0) is 56.4. The minimum Gasteiger partial charge on any atom is -0.462 e. The second kappa shape index (κ2) is 67.4. The van der Waals surface area contributed by atoms with Gasteiger partial charge in [0.15, 0.2) is 6.10 Å². The van der Waals surface area contributed by atoms with Gasteiger partial charge in [0.25, 0.3) is 0 Å². The van der Waals surface area contributed by atoms with Gasteiger partial charge in [0.05, 0.1) is 0 Å². The number of allylic oxidation sites excluding steroid dienone is 4. The minimum atomic E-state index is -0.774. The number of carbonyl (C=O) groups is 3. The van der Waals surface area contributed by atoms with Crippen LogP contribution >= 0.6 is 0 Å². The summed E-state index contributed by atoms with van der Waals surface area (Å²) in [5.41, 5.74) is 0. The van der Waals surface area contributed by atoms with Crippen LogP contribution in [0.4, 0.5) is 0 Å². The second-order valence-electron chi connectivity index (χ2n) is 24.2. The van der Waals surface area contributed by atoms with Crippen molar-refractivity contribution in [1.82, 2.24) is 0 Å². The smallest absolute Gasteiger partial charge is 0.306 e. The van der Waals surface area contributed by atoms with E-state index in [1.54, 1.807) is 0 Å². The van der Waals surface area contributed by atoms with Crippen LogP contribution in [-0.2, 0) is 28.6 Å². The first-order chi connectivity index (χ1) is 38.5. The third kappa shape index (κ3) is 64.7. The molecule has 0 aromatic rings. The molecule has 0 aromatic carbocycles. The number of esters is 3. The molecule has 78 heavy (non-hydrogen) atoms. The zero-order valence-corrected chi connectivity index (χ0v) is 53.0. The fourth-order valence-electron chi connectivity index (χ4n) is 10.9. The molecule has 0 radical (unpaired) electrons. The predicted molar refractivity (Wildman–Crippen MR) is 340 cm³/mol. The number of hydrogen-bond acceptors (Lipinski definition) is 6. The first kappa shape index (κ1) is 75.9. The summed E-state index contributed by atoms with van der Waals surface area (Å²) < 4.78 is 16.9. The largest absolute Gasteiger partial charge is 0.462 e. The number of rotatable bonds is 66. The van der Waals surface area contributed by atoms with E-state index in [-0.39, 0.29) is 31.1 Å². The SMILES string of the molecule is CCCC/C=C\C/C=C\CCCCCCCC(=O)OC(COC(=O)CCCCCCCCCCCCCC)COC(=O)CCCCCCCCCCCCCCCCCCCCCCCCCCCCCCCCCCCC. The van der Waals surface area contributed by atoms with Crippen molar-refractivity contribution >= 4 is 17.9 Å². The molecule has 0 saturated heterocycles. The molecule has 0 saturated carbocycles. The number of unbranched alkanes of at least 4 members (excludes halogenated alkanes) is 51. The fourth-order valence-corrected chi connectivity index (χ4v) is 10.9. The summed E-state index contributed by atoms with van der Waals surface area (Å²) in [6, 6.07) is 0. The van der Waals surface area contributed by atoms with Gasteiger partial charge in [-0.1, -0.05) is 360 Å². The molecule has 6 heteroatoms. The Morgan fingerprint density at radius 1 is 0.256 bits per heavy atom. The van der Waals surface area contributed by atoms with Crippen LogP contribution in [0.5, 0.6) is 0 Å². The van der Waals surface area contributed by atoms with E-state index in [1.165, 1.54) is 283 Å². The molecule has 0 aliphatic carbocycles. The van der Waals surface area contributed by atoms with Gasteiger partial charge in [-0.2, -0.15) is 0 Å². The van der Waals surface area contributed by atoms with Crippen LogP contribution in [0.15, 0.2) is 24.3 Å². The highest BCUT2D eigenvalue weighted by Gasteiger charge is 2.19. The maximum Gasteiger partial charge on any atom is 0.306 e. The molecule has 0 bridgehead atoms. The van der Waals surface area contributed by atoms with Crippen molar-refractivity contribution in [2.75, 3.05) is 13.2 Å². The van der Waals surface area contributed by atoms with Crippen molar-refractivity contribution in [1.29, 1.82) is 0 Å². The average Bonchev–Trinajstić information content (AvgIpc) is 3.44. The quantitative estimate of drug-likeness (QED) is 0.0261. The van der Waals surface area contributed by atoms with Crippen LogP contribution in [-0.4, -0.2) is 37.2 Å². The monoisotopic (exact) mass is 1100 g/mol. The van der Waals surface area contributed by atoms with Gasteiger partial charge in [-0.25, -0.2) is 0 Å². The second-order valence-corrected chi connectivity index (χ2v) is 24.2. The number of hydrogen-bond donors (Lipinski definition) is 0. The first-order valence-corrected chi connectivity index (χ1v) is 35.3. The van der Waals surface area contributed by atoms with Crippen LogP contribution < -0.4 is 0 Å². The van der Waals surface area contributed by atoms with E-state index in [2.05, 4.69) is 45.1 Å². The fraction of sp³-hybridized carbons (Fsp3) is 0.903. The summed E-state index contributed by atoms with van der Waals surface area (Å²) in [7, 11) is 0. The molecule has 0 fully saturated rings. The van der Waals surface area contributed by atoms with Gasteiger partial charge < -0.3 is 14.2 Å². The molecule has 460 valence electrons. The van der Waals surface area contributed by atoms with E-state index in [4.69, 9.17) is 14.2 Å². The van der Waals surface area contributed by atoms with E-state index >= 15 is 0 Å². The maximum absolute atomic E-state index is 12.9. The van der Waals surface area contributed by atoms with E-state index in [0.29, 0.717) is 19.3 Å². The molecule has 0 amide bonds. The van der Waals surface area contributed by atoms with Gasteiger partial charge >= 0.3 is 17.9 Å². The molecular formula is C72H136O6. The van der Waals surface area contributed by atoms with Crippen molar-refractivity contribution in [3.05, 3.63) is 24.3 Å². The topological polar surface area (TPSA) is 78.9 Å². The molecule has 0 N–H and O–H groups in total. The van der Waals surface area contributed by atoms with Crippen LogP contribution in [0, 0.1) is 0 Å². The molecule has 1 unspecified atom stereocenters. The van der Waals surface area contributed by atoms with Gasteiger partial charge in [-0.3, -0.25) is 14.4 Å². The zero-order valence-electron chi connectivity index (χ0n) is 53.0. The van der Waals surface area contributed by atoms with Gasteiger partial charge in [0.2, 0.25) is 0 Å². The summed E-state index contributed by atoms with van der Waals surface area (Å²) in [6.45, 7) is 6.65. The molecule has 1 atom stereocenters. The highest BCUT2D eigenvalue weighted by molar-refractivity contribution is 5.71. The molecule has 0 aromatic heterocycles. The molecular weight excluding hydrogens is 961 g/mol. The highest BCUT2D eigenvalue weighted by atomic mass is 16.6. The Labute approximate surface area is 487 Å². The van der Waals surface area contributed by atoms with E-state index in [9.17, 15) is 14.4 Å². The van der Waals surface area contributed by atoms with Crippen LogP contribution in [0.3, 0.4) is 0 Å². The van der Waals surface area contributed by atoms with Crippen molar-refractivity contribution in [2.24, 2.45) is 0 Å². The Morgan fingerprint density at radius 3 is 0.744 bits per heavy atom. The third-order valence-corrected chi connectivity index (χ3v) is 16.2. The Hall–Kier alpha value is -2.11. The normalized spacial score (nSPS) is 12.1. The van der Waals surface area contributed by atoms with Gasteiger partial charge in [0.1, 0.15) is 13.2 Å². The Balaban J connectivity index is 4.01. The minimum absolute atomic E-state index is 0.0713. The summed E-state index contributed by atoms with van der Waals surface area (Å²) in [4.78, 5) is 38.3. The third-order valence-electron chi connectivity index (χ3n) is 16.2. The van der Waals surface area contributed by atoms with Crippen molar-refractivity contribution in [3.8, 4) is 0 Å². The number of carbonyl (C=O) groups excluding carboxylic acids is 3. The molecule has 0 heterocycles. The molecule has 0 aliphatic heterocycles. The predicted octanol–water partition coefficient (Wildman–Crippen LogP) is 24.2. The molecule has 0 aliphatic rings. The van der Waals surface area contributed by atoms with Crippen molar-refractivity contribution < 1.29 is 28.6 Å². The van der Waals surface area contributed by atoms with Gasteiger partial charge in [-0.05, 0) is 44.9 Å². The first-order valence-electron chi connectivity index (χ1n) is 35.3. The maximum atomic E-state index is 12.9. The Kier molecular flexibility index (Phi) is 65.6. The lowest BCUT2D eigenvalue weighted by molar-refractivity contribution is -0.167. The van der Waals surface area contributed by atoms with Crippen molar-refractivity contribution in [3.63, 3.8) is 0 Å². The van der Waals surface area contributed by atoms with E-state index in [1.807, 2.05) is 0 Å².